The quantitative estimate of drug-likeness (QED) is 0.671. The van der Waals surface area contributed by atoms with Gasteiger partial charge in [-0.05, 0) is 55.0 Å². The molecule has 1 fully saturated rings. The molecular formula is C21H25N3O6S. The van der Waals surface area contributed by atoms with E-state index >= 15 is 0 Å². The van der Waals surface area contributed by atoms with Crippen LogP contribution in [0.25, 0.3) is 0 Å². The molecule has 10 heteroatoms. The van der Waals surface area contributed by atoms with E-state index in [9.17, 15) is 18.0 Å². The number of morpholine rings is 1. The first-order valence-corrected chi connectivity index (χ1v) is 11.2. The molecule has 1 aliphatic rings. The summed E-state index contributed by atoms with van der Waals surface area (Å²) < 4.78 is 37.7. The standard InChI is InChI=1S/C21H25N3O6S/c1-15-13-19(31(27,28)24-9-11-29-12-10-24)7-8-20(15)30-14-21(26)23-18-5-3-17(4-6-18)22-16(2)25/h3-8,13H,9-12,14H2,1-2H3,(H,22,25)(H,23,26). The van der Waals surface area contributed by atoms with E-state index in [1.165, 1.54) is 17.3 Å². The average molecular weight is 448 g/mol. The zero-order chi connectivity index (χ0) is 22.4. The highest BCUT2D eigenvalue weighted by molar-refractivity contribution is 7.89. The lowest BCUT2D eigenvalue weighted by Crippen LogP contribution is -2.40. The predicted octanol–water partition coefficient (Wildman–Crippen LogP) is 1.99. The summed E-state index contributed by atoms with van der Waals surface area (Å²) in [5, 5.41) is 5.35. The van der Waals surface area contributed by atoms with Crippen LogP contribution in [0.1, 0.15) is 12.5 Å². The van der Waals surface area contributed by atoms with Gasteiger partial charge in [0.2, 0.25) is 15.9 Å². The number of benzene rings is 2. The monoisotopic (exact) mass is 447 g/mol. The Labute approximate surface area is 181 Å². The average Bonchev–Trinajstić information content (AvgIpc) is 2.74. The molecule has 1 saturated heterocycles. The lowest BCUT2D eigenvalue weighted by Gasteiger charge is -2.26. The third kappa shape index (κ3) is 6.03. The fourth-order valence-electron chi connectivity index (χ4n) is 3.06. The van der Waals surface area contributed by atoms with E-state index in [1.54, 1.807) is 43.3 Å². The van der Waals surface area contributed by atoms with Crippen LogP contribution >= 0.6 is 0 Å². The minimum absolute atomic E-state index is 0.177. The molecule has 2 N–H and O–H groups in total. The second kappa shape index (κ2) is 9.90. The van der Waals surface area contributed by atoms with E-state index in [2.05, 4.69) is 10.6 Å². The summed E-state index contributed by atoms with van der Waals surface area (Å²) >= 11 is 0. The highest BCUT2D eigenvalue weighted by Crippen LogP contribution is 2.24. The molecule has 0 saturated carbocycles. The molecule has 1 aliphatic heterocycles. The molecular weight excluding hydrogens is 422 g/mol. The van der Waals surface area contributed by atoms with Crippen molar-refractivity contribution in [1.82, 2.24) is 4.31 Å². The first kappa shape index (κ1) is 22.7. The number of carbonyl (C=O) groups excluding carboxylic acids is 2. The normalized spacial score (nSPS) is 14.6. The summed E-state index contributed by atoms with van der Waals surface area (Å²) in [5.41, 5.74) is 1.80. The van der Waals surface area contributed by atoms with E-state index in [0.29, 0.717) is 49.0 Å². The van der Waals surface area contributed by atoms with Gasteiger partial charge in [-0.3, -0.25) is 9.59 Å². The molecule has 9 nitrogen and oxygen atoms in total. The Hall–Kier alpha value is -2.95. The number of hydrogen-bond acceptors (Lipinski definition) is 6. The number of ether oxygens (including phenoxy) is 2. The maximum Gasteiger partial charge on any atom is 0.262 e. The summed E-state index contributed by atoms with van der Waals surface area (Å²) in [6.45, 7) is 4.32. The maximum atomic E-state index is 12.7. The zero-order valence-corrected chi connectivity index (χ0v) is 18.2. The summed E-state index contributed by atoms with van der Waals surface area (Å²) in [5.74, 6) is -0.113. The van der Waals surface area contributed by atoms with Crippen LogP contribution in [0, 0.1) is 6.92 Å². The van der Waals surface area contributed by atoms with Crippen LogP contribution in [0.15, 0.2) is 47.4 Å². The Morgan fingerprint density at radius 3 is 2.23 bits per heavy atom. The lowest BCUT2D eigenvalue weighted by atomic mass is 10.2. The molecule has 0 aliphatic carbocycles. The molecule has 31 heavy (non-hydrogen) atoms. The Kier molecular flexibility index (Phi) is 7.26. The molecule has 166 valence electrons. The fourth-order valence-corrected chi connectivity index (χ4v) is 4.55. The smallest absolute Gasteiger partial charge is 0.262 e. The first-order chi connectivity index (χ1) is 14.8. The van der Waals surface area contributed by atoms with Crippen molar-refractivity contribution in [2.45, 2.75) is 18.7 Å². The van der Waals surface area contributed by atoms with Gasteiger partial charge in [-0.2, -0.15) is 4.31 Å². The molecule has 2 amide bonds. The van der Waals surface area contributed by atoms with Gasteiger partial charge in [0.1, 0.15) is 5.75 Å². The number of nitrogens with one attached hydrogen (secondary N) is 2. The van der Waals surface area contributed by atoms with Gasteiger partial charge in [0.25, 0.3) is 5.91 Å². The fraction of sp³-hybridized carbons (Fsp3) is 0.333. The minimum Gasteiger partial charge on any atom is -0.483 e. The highest BCUT2D eigenvalue weighted by atomic mass is 32.2. The molecule has 2 aromatic carbocycles. The largest absolute Gasteiger partial charge is 0.483 e. The van der Waals surface area contributed by atoms with Gasteiger partial charge in [0.05, 0.1) is 18.1 Å². The van der Waals surface area contributed by atoms with E-state index in [-0.39, 0.29) is 23.3 Å². The molecule has 0 spiro atoms. The summed E-state index contributed by atoms with van der Waals surface area (Å²) in [4.78, 5) is 23.4. The molecule has 0 atom stereocenters. The van der Waals surface area contributed by atoms with Gasteiger partial charge in [0, 0.05) is 31.4 Å². The van der Waals surface area contributed by atoms with E-state index < -0.39 is 10.0 Å². The summed E-state index contributed by atoms with van der Waals surface area (Å²) in [7, 11) is -3.59. The van der Waals surface area contributed by atoms with Crippen LogP contribution in [0.2, 0.25) is 0 Å². The maximum absolute atomic E-state index is 12.7. The summed E-state index contributed by atoms with van der Waals surface area (Å²) in [6, 6.07) is 11.3. The summed E-state index contributed by atoms with van der Waals surface area (Å²) in [6.07, 6.45) is 0. The number of nitrogens with zero attached hydrogens (tertiary/aromatic N) is 1. The van der Waals surface area contributed by atoms with Crippen molar-refractivity contribution in [3.8, 4) is 5.75 Å². The number of anilines is 2. The third-order valence-corrected chi connectivity index (χ3v) is 6.50. The van der Waals surface area contributed by atoms with Gasteiger partial charge in [-0.15, -0.1) is 0 Å². The van der Waals surface area contributed by atoms with Crippen LogP contribution in [0.3, 0.4) is 0 Å². The van der Waals surface area contributed by atoms with Crippen molar-refractivity contribution >= 4 is 33.2 Å². The highest BCUT2D eigenvalue weighted by Gasteiger charge is 2.26. The Morgan fingerprint density at radius 1 is 1.03 bits per heavy atom. The van der Waals surface area contributed by atoms with Crippen LogP contribution in [-0.2, 0) is 24.3 Å². The molecule has 2 aromatic rings. The number of rotatable bonds is 7. The lowest BCUT2D eigenvalue weighted by molar-refractivity contribution is -0.118. The number of hydrogen-bond donors (Lipinski definition) is 2. The van der Waals surface area contributed by atoms with Gasteiger partial charge in [-0.1, -0.05) is 0 Å². The van der Waals surface area contributed by atoms with Crippen molar-refractivity contribution in [2.24, 2.45) is 0 Å². The Balaban J connectivity index is 1.57. The second-order valence-corrected chi connectivity index (χ2v) is 8.98. The van der Waals surface area contributed by atoms with Crippen molar-refractivity contribution in [3.05, 3.63) is 48.0 Å². The van der Waals surface area contributed by atoms with Crippen molar-refractivity contribution in [1.29, 1.82) is 0 Å². The number of sulfonamides is 1. The van der Waals surface area contributed by atoms with Crippen molar-refractivity contribution in [2.75, 3.05) is 43.5 Å². The molecule has 1 heterocycles. The van der Waals surface area contributed by atoms with Gasteiger partial charge in [0.15, 0.2) is 6.61 Å². The second-order valence-electron chi connectivity index (χ2n) is 7.04. The van der Waals surface area contributed by atoms with Crippen molar-refractivity contribution in [3.63, 3.8) is 0 Å². The third-order valence-electron chi connectivity index (χ3n) is 4.60. The number of carbonyl (C=O) groups is 2. The van der Waals surface area contributed by atoms with E-state index in [0.717, 1.165) is 0 Å². The van der Waals surface area contributed by atoms with Crippen LogP contribution in [0.4, 0.5) is 11.4 Å². The van der Waals surface area contributed by atoms with E-state index in [1.807, 2.05) is 0 Å². The minimum atomic E-state index is -3.59. The van der Waals surface area contributed by atoms with Gasteiger partial charge >= 0.3 is 0 Å². The van der Waals surface area contributed by atoms with Crippen LogP contribution in [-0.4, -0.2) is 57.4 Å². The Bertz CT molecular complexity index is 1050. The molecule has 0 aromatic heterocycles. The molecule has 3 rings (SSSR count). The zero-order valence-electron chi connectivity index (χ0n) is 17.4. The number of amides is 2. The van der Waals surface area contributed by atoms with Gasteiger partial charge in [-0.25, -0.2) is 8.42 Å². The Morgan fingerprint density at radius 2 is 1.65 bits per heavy atom. The van der Waals surface area contributed by atoms with E-state index in [4.69, 9.17) is 9.47 Å². The molecule has 0 unspecified atom stereocenters. The molecule has 0 bridgehead atoms. The van der Waals surface area contributed by atoms with Gasteiger partial charge < -0.3 is 20.1 Å². The number of aryl methyl sites for hydroxylation is 1. The SMILES string of the molecule is CC(=O)Nc1ccc(NC(=O)COc2ccc(S(=O)(=O)N3CCOCC3)cc2C)cc1. The predicted molar refractivity (Wildman–Crippen MR) is 116 cm³/mol. The molecule has 0 radical (unpaired) electrons. The van der Waals surface area contributed by atoms with Crippen molar-refractivity contribution < 1.29 is 27.5 Å². The first-order valence-electron chi connectivity index (χ1n) is 9.74. The van der Waals surface area contributed by atoms with Crippen LogP contribution in [0.5, 0.6) is 5.75 Å². The van der Waals surface area contributed by atoms with Crippen LogP contribution < -0.4 is 15.4 Å². The topological polar surface area (TPSA) is 114 Å².